The van der Waals surface area contributed by atoms with Gasteiger partial charge in [-0.1, -0.05) is 77.4 Å². The predicted molar refractivity (Wildman–Crippen MR) is 115 cm³/mol. The van der Waals surface area contributed by atoms with Crippen LogP contribution in [0.15, 0.2) is 12.2 Å². The first kappa shape index (κ1) is 26.6. The molecule has 0 rings (SSSR count). The maximum absolute atomic E-state index is 11.7. The number of ether oxygens (including phenoxy) is 1. The number of hydrogen-bond acceptors (Lipinski definition) is 4. The first-order valence-electron chi connectivity index (χ1n) is 11.4. The number of esters is 2. The highest BCUT2D eigenvalue weighted by molar-refractivity contribution is 6.01. The van der Waals surface area contributed by atoms with Crippen LogP contribution in [-0.2, 0) is 19.1 Å². The zero-order valence-corrected chi connectivity index (χ0v) is 18.5. The molecule has 1 atom stereocenters. The van der Waals surface area contributed by atoms with Gasteiger partial charge < -0.3 is 4.74 Å². The lowest BCUT2D eigenvalue weighted by Gasteiger charge is -2.09. The van der Waals surface area contributed by atoms with Gasteiger partial charge in [0.05, 0.1) is 0 Å². The van der Waals surface area contributed by atoms with Crippen molar-refractivity contribution in [3.05, 3.63) is 12.2 Å². The van der Waals surface area contributed by atoms with Gasteiger partial charge in [-0.25, -0.2) is 0 Å². The van der Waals surface area contributed by atoms with Crippen molar-refractivity contribution in [2.45, 2.75) is 117 Å². The molecule has 4 heteroatoms. The highest BCUT2D eigenvalue weighted by atomic mass is 16.6. The fourth-order valence-corrected chi connectivity index (χ4v) is 3.19. The highest BCUT2D eigenvalue weighted by Gasteiger charge is 2.24. The van der Waals surface area contributed by atoms with E-state index in [0.29, 0.717) is 6.42 Å². The van der Waals surface area contributed by atoms with E-state index < -0.39 is 17.9 Å². The third kappa shape index (κ3) is 15.6. The van der Waals surface area contributed by atoms with Gasteiger partial charge in [0.2, 0.25) is 0 Å². The summed E-state index contributed by atoms with van der Waals surface area (Å²) in [5.41, 5.74) is 0. The van der Waals surface area contributed by atoms with E-state index in [1.54, 1.807) is 6.92 Å². The van der Waals surface area contributed by atoms with E-state index in [9.17, 15) is 14.4 Å². The molecule has 0 aromatic rings. The van der Waals surface area contributed by atoms with Crippen LogP contribution in [-0.4, -0.2) is 17.7 Å². The minimum absolute atomic E-state index is 0.248. The van der Waals surface area contributed by atoms with Crippen molar-refractivity contribution in [2.75, 3.05) is 0 Å². The van der Waals surface area contributed by atoms with Crippen LogP contribution in [0.25, 0.3) is 0 Å². The van der Waals surface area contributed by atoms with Crippen LogP contribution < -0.4 is 0 Å². The lowest BCUT2D eigenvalue weighted by Crippen LogP contribution is -2.25. The smallest absolute Gasteiger partial charge is 0.324 e. The first-order valence-corrected chi connectivity index (χ1v) is 11.4. The lowest BCUT2D eigenvalue weighted by atomic mass is 10.0. The molecule has 0 aromatic heterocycles. The Kier molecular flexibility index (Phi) is 17.9. The van der Waals surface area contributed by atoms with Gasteiger partial charge in [0.15, 0.2) is 0 Å². The van der Waals surface area contributed by atoms with Gasteiger partial charge in [-0.05, 0) is 45.4 Å². The third-order valence-electron chi connectivity index (χ3n) is 5.04. The monoisotopic (exact) mass is 394 g/mol. The Morgan fingerprint density at radius 3 is 1.75 bits per heavy atom. The van der Waals surface area contributed by atoms with E-state index >= 15 is 0 Å². The molecule has 0 aromatic carbocycles. The molecule has 162 valence electrons. The fraction of sp³-hybridized carbons (Fsp3) is 0.792. The number of allylic oxidation sites excluding steroid dienone is 2. The van der Waals surface area contributed by atoms with Crippen LogP contribution in [0.5, 0.6) is 0 Å². The van der Waals surface area contributed by atoms with Gasteiger partial charge in [0.1, 0.15) is 11.7 Å². The Labute approximate surface area is 172 Å². The maximum atomic E-state index is 11.7. The maximum Gasteiger partial charge on any atom is 0.324 e. The van der Waals surface area contributed by atoms with E-state index in [4.69, 9.17) is 4.74 Å². The van der Waals surface area contributed by atoms with Crippen molar-refractivity contribution in [3.8, 4) is 0 Å². The summed E-state index contributed by atoms with van der Waals surface area (Å²) in [6, 6.07) is 0. The molecule has 0 spiro atoms. The van der Waals surface area contributed by atoms with Crippen LogP contribution in [0.3, 0.4) is 0 Å². The number of rotatable bonds is 18. The fourth-order valence-electron chi connectivity index (χ4n) is 3.19. The topological polar surface area (TPSA) is 60.4 Å². The zero-order chi connectivity index (χ0) is 21.0. The molecular weight excluding hydrogens is 352 g/mol. The van der Waals surface area contributed by atoms with E-state index in [0.717, 1.165) is 32.1 Å². The van der Waals surface area contributed by atoms with Crippen molar-refractivity contribution < 1.29 is 19.1 Å². The second kappa shape index (κ2) is 18.9. The summed E-state index contributed by atoms with van der Waals surface area (Å²) in [6.45, 7) is 5.34. The second-order valence-electron chi connectivity index (χ2n) is 7.70. The normalized spacial score (nSPS) is 12.2. The summed E-state index contributed by atoms with van der Waals surface area (Å²) in [4.78, 5) is 34.7. The Bertz CT molecular complexity index is 454. The van der Waals surface area contributed by atoms with Crippen molar-refractivity contribution >= 4 is 17.7 Å². The molecule has 0 radical (unpaired) electrons. The molecule has 0 fully saturated rings. The average molecular weight is 395 g/mol. The molecule has 0 N–H and O–H groups in total. The van der Waals surface area contributed by atoms with Crippen molar-refractivity contribution in [1.82, 2.24) is 0 Å². The van der Waals surface area contributed by atoms with Crippen LogP contribution in [0.2, 0.25) is 0 Å². The molecule has 0 saturated carbocycles. The molecule has 1 unspecified atom stereocenters. The lowest BCUT2D eigenvalue weighted by molar-refractivity contribution is -0.163. The summed E-state index contributed by atoms with van der Waals surface area (Å²) in [5, 5.41) is 0. The van der Waals surface area contributed by atoms with E-state index in [-0.39, 0.29) is 12.2 Å². The number of Topliss-reactive ketones (excluding diaryl/α,β-unsaturated/α-hetero) is 1. The quantitative estimate of drug-likeness (QED) is 0.112. The molecule has 0 amide bonds. The first-order chi connectivity index (χ1) is 13.5. The molecule has 4 nitrogen and oxygen atoms in total. The van der Waals surface area contributed by atoms with E-state index in [1.165, 1.54) is 58.3 Å². The number of carbonyl (C=O) groups is 3. The van der Waals surface area contributed by atoms with Gasteiger partial charge >= 0.3 is 11.9 Å². The van der Waals surface area contributed by atoms with Crippen molar-refractivity contribution in [1.29, 1.82) is 0 Å². The molecule has 0 saturated heterocycles. The molecule has 0 aliphatic carbocycles. The van der Waals surface area contributed by atoms with Gasteiger partial charge in [-0.15, -0.1) is 0 Å². The molecule has 28 heavy (non-hydrogen) atoms. The average Bonchev–Trinajstić information content (AvgIpc) is 2.65. The largest absolute Gasteiger partial charge is 0.393 e. The number of unbranched alkanes of at least 4 members (excludes halogenated alkanes) is 11. The molecular formula is C24H42O4. The van der Waals surface area contributed by atoms with Gasteiger partial charge in [-0.3, -0.25) is 14.4 Å². The third-order valence-corrected chi connectivity index (χ3v) is 5.04. The minimum Gasteiger partial charge on any atom is -0.393 e. The summed E-state index contributed by atoms with van der Waals surface area (Å²) in [7, 11) is 0. The second-order valence-corrected chi connectivity index (χ2v) is 7.70. The Balaban J connectivity index is 3.49. The number of hydrogen-bond donors (Lipinski definition) is 0. The number of carbonyl (C=O) groups excluding carboxylic acids is 3. The Morgan fingerprint density at radius 2 is 1.25 bits per heavy atom. The molecule has 0 aliphatic rings. The highest BCUT2D eigenvalue weighted by Crippen LogP contribution is 2.11. The van der Waals surface area contributed by atoms with E-state index in [1.807, 2.05) is 0 Å². The molecule has 0 bridgehead atoms. The summed E-state index contributed by atoms with van der Waals surface area (Å²) >= 11 is 0. The Morgan fingerprint density at radius 1 is 0.750 bits per heavy atom. The van der Waals surface area contributed by atoms with Gasteiger partial charge in [0.25, 0.3) is 0 Å². The van der Waals surface area contributed by atoms with Crippen LogP contribution >= 0.6 is 0 Å². The van der Waals surface area contributed by atoms with Crippen LogP contribution in [0.1, 0.15) is 117 Å². The summed E-state index contributed by atoms with van der Waals surface area (Å²) in [6.07, 6.45) is 20.8. The van der Waals surface area contributed by atoms with Gasteiger partial charge in [-0.2, -0.15) is 0 Å². The van der Waals surface area contributed by atoms with Crippen LogP contribution in [0, 0.1) is 5.92 Å². The van der Waals surface area contributed by atoms with Crippen LogP contribution in [0.4, 0.5) is 0 Å². The van der Waals surface area contributed by atoms with Crippen molar-refractivity contribution in [2.24, 2.45) is 5.92 Å². The SMILES string of the molecule is CCCCCCCC/C=C\CCCCCCCC(=O)OC(=O)C(CC)C(C)=O. The minimum atomic E-state index is -0.807. The van der Waals surface area contributed by atoms with Crippen molar-refractivity contribution in [3.63, 3.8) is 0 Å². The predicted octanol–water partition coefficient (Wildman–Crippen LogP) is 6.71. The molecule has 0 aliphatic heterocycles. The molecule has 0 heterocycles. The standard InChI is InChI=1S/C24H42O4/c1-4-6-7-8-9-10-11-12-13-14-15-16-17-18-19-20-23(26)28-24(27)22(5-2)21(3)25/h12-13,22H,4-11,14-20H2,1-3H3/b13-12-. The summed E-state index contributed by atoms with van der Waals surface area (Å²) < 4.78 is 4.78. The number of ketones is 1. The van der Waals surface area contributed by atoms with Gasteiger partial charge in [0, 0.05) is 6.42 Å². The van der Waals surface area contributed by atoms with E-state index in [2.05, 4.69) is 19.1 Å². The zero-order valence-electron chi connectivity index (χ0n) is 18.5. The summed E-state index contributed by atoms with van der Waals surface area (Å²) in [5.74, 6) is -2.27. The Hall–Kier alpha value is -1.45.